The van der Waals surface area contributed by atoms with Gasteiger partial charge in [-0.1, -0.05) is 11.2 Å². The second-order valence-corrected chi connectivity index (χ2v) is 8.09. The summed E-state index contributed by atoms with van der Waals surface area (Å²) in [6, 6.07) is 12.1. The molecule has 166 valence electrons. The zero-order valence-electron chi connectivity index (χ0n) is 18.2. The van der Waals surface area contributed by atoms with E-state index in [9.17, 15) is 9.90 Å². The normalized spacial score (nSPS) is 16.3. The summed E-state index contributed by atoms with van der Waals surface area (Å²) in [5.74, 6) is 1.10. The van der Waals surface area contributed by atoms with Crippen LogP contribution in [0.15, 0.2) is 57.6 Å². The predicted octanol–water partition coefficient (Wildman–Crippen LogP) is 4.69. The van der Waals surface area contributed by atoms with Gasteiger partial charge >= 0.3 is 6.03 Å². The average Bonchev–Trinajstić information content (AvgIpc) is 3.28. The second-order valence-electron chi connectivity index (χ2n) is 7.21. The zero-order chi connectivity index (χ0) is 22.8. The van der Waals surface area contributed by atoms with Crippen molar-refractivity contribution < 1.29 is 19.2 Å². The summed E-state index contributed by atoms with van der Waals surface area (Å²) < 4.78 is 10.8. The molecule has 1 atom stereocenters. The lowest BCUT2D eigenvalue weighted by atomic mass is 9.94. The van der Waals surface area contributed by atoms with Crippen LogP contribution in [0.1, 0.15) is 31.3 Å². The van der Waals surface area contributed by atoms with E-state index in [1.807, 2.05) is 44.4 Å². The van der Waals surface area contributed by atoms with Crippen LogP contribution in [0.2, 0.25) is 0 Å². The van der Waals surface area contributed by atoms with Crippen molar-refractivity contribution in [3.8, 4) is 22.9 Å². The van der Waals surface area contributed by atoms with Crippen LogP contribution in [0.3, 0.4) is 0 Å². The maximum absolute atomic E-state index is 12.7. The molecule has 0 radical (unpaired) electrons. The number of aromatic hydroxyl groups is 1. The molecule has 9 heteroatoms. The third-order valence-electron chi connectivity index (χ3n) is 5.45. The number of nitrogens with zero attached hydrogens (tertiary/aromatic N) is 3. The Labute approximate surface area is 190 Å². The average molecular weight is 453 g/mol. The number of carbonyl (C=O) groups excluding carboxylic acids is 1. The Morgan fingerprint density at radius 2 is 2.00 bits per heavy atom. The fourth-order valence-electron chi connectivity index (χ4n) is 3.77. The van der Waals surface area contributed by atoms with Crippen LogP contribution in [0.5, 0.6) is 11.5 Å². The molecular weight excluding hydrogens is 428 g/mol. The first-order chi connectivity index (χ1) is 15.5. The molecule has 1 aliphatic rings. The van der Waals surface area contributed by atoms with Crippen molar-refractivity contribution >= 4 is 23.4 Å². The van der Waals surface area contributed by atoms with Gasteiger partial charge in [0.25, 0.3) is 5.89 Å². The van der Waals surface area contributed by atoms with Crippen LogP contribution in [-0.2, 0) is 0 Å². The van der Waals surface area contributed by atoms with Crippen molar-refractivity contribution in [2.24, 2.45) is 0 Å². The zero-order valence-corrected chi connectivity index (χ0v) is 19.1. The Hall–Kier alpha value is -3.46. The number of allylic oxidation sites excluding steroid dienone is 1. The van der Waals surface area contributed by atoms with Crippen molar-refractivity contribution in [2.75, 3.05) is 19.9 Å². The number of carbonyl (C=O) groups is 1. The minimum Gasteiger partial charge on any atom is -0.504 e. The molecular formula is C23H24N4O4S. The minimum atomic E-state index is -0.575. The van der Waals surface area contributed by atoms with Gasteiger partial charge in [-0.25, -0.2) is 4.79 Å². The number of methoxy groups -OCH3 is 1. The Balaban J connectivity index is 1.79. The molecule has 0 aliphatic carbocycles. The molecule has 1 aromatic heterocycles. The van der Waals surface area contributed by atoms with Crippen molar-refractivity contribution in [1.29, 1.82) is 0 Å². The highest BCUT2D eigenvalue weighted by atomic mass is 32.2. The van der Waals surface area contributed by atoms with E-state index in [2.05, 4.69) is 15.5 Å². The van der Waals surface area contributed by atoms with Crippen molar-refractivity contribution in [3.63, 3.8) is 0 Å². The molecule has 2 amide bonds. The van der Waals surface area contributed by atoms with Gasteiger partial charge < -0.3 is 19.7 Å². The number of amides is 2. The molecule has 0 fully saturated rings. The van der Waals surface area contributed by atoms with Crippen LogP contribution in [-0.4, -0.2) is 46.1 Å². The number of urea groups is 1. The van der Waals surface area contributed by atoms with E-state index < -0.39 is 6.04 Å². The maximum atomic E-state index is 12.7. The van der Waals surface area contributed by atoms with Crippen LogP contribution in [0.25, 0.3) is 17.0 Å². The van der Waals surface area contributed by atoms with Gasteiger partial charge in [0.05, 0.1) is 18.7 Å². The van der Waals surface area contributed by atoms with E-state index in [0.29, 0.717) is 40.8 Å². The lowest BCUT2D eigenvalue weighted by Crippen LogP contribution is -2.45. The fourth-order valence-corrected chi connectivity index (χ4v) is 4.17. The molecule has 2 aromatic carbocycles. The van der Waals surface area contributed by atoms with Crippen molar-refractivity contribution in [3.05, 3.63) is 59.6 Å². The van der Waals surface area contributed by atoms with E-state index in [0.717, 1.165) is 10.5 Å². The van der Waals surface area contributed by atoms with E-state index in [1.54, 1.807) is 34.9 Å². The standard InChI is InChI=1S/C23H24N4O4S/c1-5-27-13(2)19(20(24-23(27)29)15-8-11-18(30-3)17(28)12-15)22-25-21(26-31-22)14-6-9-16(32-4)10-7-14/h6-12,20,28H,5H2,1-4H3,(H,24,29). The largest absolute Gasteiger partial charge is 0.504 e. The fraction of sp³-hybridized carbons (Fsp3) is 0.261. The van der Waals surface area contributed by atoms with Gasteiger partial charge in [0.15, 0.2) is 11.5 Å². The summed E-state index contributed by atoms with van der Waals surface area (Å²) >= 11 is 1.66. The molecule has 0 saturated carbocycles. The molecule has 32 heavy (non-hydrogen) atoms. The number of thioether (sulfide) groups is 1. The summed E-state index contributed by atoms with van der Waals surface area (Å²) in [5.41, 5.74) is 2.90. The van der Waals surface area contributed by atoms with Crippen LogP contribution in [0.4, 0.5) is 4.79 Å². The summed E-state index contributed by atoms with van der Waals surface area (Å²) in [5, 5.41) is 17.4. The predicted molar refractivity (Wildman–Crippen MR) is 122 cm³/mol. The third kappa shape index (κ3) is 3.91. The topological polar surface area (TPSA) is 101 Å². The van der Waals surface area contributed by atoms with Crippen LogP contribution in [0, 0.1) is 0 Å². The Morgan fingerprint density at radius 1 is 1.25 bits per heavy atom. The van der Waals surface area contributed by atoms with Crippen LogP contribution < -0.4 is 10.1 Å². The van der Waals surface area contributed by atoms with E-state index in [4.69, 9.17) is 9.26 Å². The number of phenols is 1. The number of ether oxygens (including phenoxy) is 1. The molecule has 2 N–H and O–H groups in total. The highest BCUT2D eigenvalue weighted by Crippen LogP contribution is 2.39. The Bertz CT molecular complexity index is 1170. The number of hydrogen-bond acceptors (Lipinski definition) is 7. The molecule has 0 saturated heterocycles. The Kier molecular flexibility index (Phi) is 6.09. The van der Waals surface area contributed by atoms with Crippen molar-refractivity contribution in [1.82, 2.24) is 20.4 Å². The first-order valence-corrected chi connectivity index (χ1v) is 11.3. The van der Waals surface area contributed by atoms with E-state index >= 15 is 0 Å². The van der Waals surface area contributed by atoms with E-state index in [1.165, 1.54) is 7.11 Å². The molecule has 3 aromatic rings. The summed E-state index contributed by atoms with van der Waals surface area (Å²) in [4.78, 5) is 20.1. The Morgan fingerprint density at radius 3 is 2.62 bits per heavy atom. The molecule has 4 rings (SSSR count). The van der Waals surface area contributed by atoms with Gasteiger partial charge in [0.2, 0.25) is 5.82 Å². The van der Waals surface area contributed by atoms with Gasteiger partial charge in [-0.3, -0.25) is 4.90 Å². The number of hydrogen-bond donors (Lipinski definition) is 2. The first kappa shape index (κ1) is 21.8. The summed E-state index contributed by atoms with van der Waals surface area (Å²) in [6.45, 7) is 4.23. The minimum absolute atomic E-state index is 0.0192. The van der Waals surface area contributed by atoms with Crippen molar-refractivity contribution in [2.45, 2.75) is 24.8 Å². The van der Waals surface area contributed by atoms with Crippen LogP contribution >= 0.6 is 11.8 Å². The quantitative estimate of drug-likeness (QED) is 0.523. The number of rotatable bonds is 6. The lowest BCUT2D eigenvalue weighted by molar-refractivity contribution is 0.207. The summed E-state index contributed by atoms with van der Waals surface area (Å²) in [6.07, 6.45) is 2.02. The monoisotopic (exact) mass is 452 g/mol. The summed E-state index contributed by atoms with van der Waals surface area (Å²) in [7, 11) is 1.48. The SMILES string of the molecule is CCN1C(=O)NC(c2ccc(OC)c(O)c2)C(c2nc(-c3ccc(SC)cc3)no2)=C1C. The molecule has 2 heterocycles. The molecule has 0 bridgehead atoms. The van der Waals surface area contributed by atoms with Gasteiger partial charge in [-0.15, -0.1) is 11.8 Å². The number of nitrogens with one attached hydrogen (secondary N) is 1. The smallest absolute Gasteiger partial charge is 0.322 e. The first-order valence-electron chi connectivity index (χ1n) is 10.1. The number of phenolic OH excluding ortho intramolecular Hbond substituents is 1. The second kappa shape index (κ2) is 8.96. The van der Waals surface area contributed by atoms with E-state index in [-0.39, 0.29) is 11.8 Å². The molecule has 0 spiro atoms. The van der Waals surface area contributed by atoms with Gasteiger partial charge in [0.1, 0.15) is 0 Å². The maximum Gasteiger partial charge on any atom is 0.322 e. The third-order valence-corrected chi connectivity index (χ3v) is 6.20. The van der Waals surface area contributed by atoms with Gasteiger partial charge in [0, 0.05) is 22.7 Å². The molecule has 1 unspecified atom stereocenters. The van der Waals surface area contributed by atoms with Gasteiger partial charge in [-0.05, 0) is 62.1 Å². The highest BCUT2D eigenvalue weighted by molar-refractivity contribution is 7.98. The molecule has 1 aliphatic heterocycles. The number of aromatic nitrogens is 2. The highest BCUT2D eigenvalue weighted by Gasteiger charge is 2.35. The lowest BCUT2D eigenvalue weighted by Gasteiger charge is -2.34. The number of benzene rings is 2. The van der Waals surface area contributed by atoms with Gasteiger partial charge in [-0.2, -0.15) is 4.98 Å². The molecule has 8 nitrogen and oxygen atoms in total.